The maximum Gasteiger partial charge on any atom is 0.508 e. The number of aryl methyl sites for hydroxylation is 1. The third-order valence-corrected chi connectivity index (χ3v) is 7.11. The lowest BCUT2D eigenvalue weighted by atomic mass is 10.2. The Morgan fingerprint density at radius 1 is 0.833 bits per heavy atom. The predicted molar refractivity (Wildman–Crippen MR) is 169 cm³/mol. The van der Waals surface area contributed by atoms with Gasteiger partial charge in [0.25, 0.3) is 5.91 Å². The second-order valence-corrected chi connectivity index (χ2v) is 11.9. The SMILES string of the molecule is Cn1c(C(=O)N2CCN(NC(=O)OC(C)(C)C)CC2)c(OCCOCCOCCOC(=O)OCc2ccccc2)c2cc(F)c(F)cc21. The van der Waals surface area contributed by atoms with Crippen LogP contribution in [0.15, 0.2) is 42.5 Å². The number of halogens is 2. The van der Waals surface area contributed by atoms with Gasteiger partial charge in [-0.1, -0.05) is 30.3 Å². The molecule has 0 unspecified atom stereocenters. The first kappa shape index (κ1) is 36.4. The molecule has 1 aromatic heterocycles. The highest BCUT2D eigenvalue weighted by atomic mass is 19.2. The van der Waals surface area contributed by atoms with Crippen LogP contribution in [0.4, 0.5) is 18.4 Å². The van der Waals surface area contributed by atoms with Gasteiger partial charge < -0.3 is 37.9 Å². The Morgan fingerprint density at radius 2 is 1.46 bits per heavy atom. The number of aromatic nitrogens is 1. The Labute approximate surface area is 277 Å². The van der Waals surface area contributed by atoms with Crippen LogP contribution in [0.5, 0.6) is 5.75 Å². The molecule has 1 aliphatic heterocycles. The fourth-order valence-electron chi connectivity index (χ4n) is 4.85. The number of carbonyl (C=O) groups excluding carboxylic acids is 3. The van der Waals surface area contributed by atoms with Gasteiger partial charge >= 0.3 is 12.2 Å². The topological polar surface area (TPSA) is 130 Å². The summed E-state index contributed by atoms with van der Waals surface area (Å²) in [7, 11) is 1.58. The van der Waals surface area contributed by atoms with Gasteiger partial charge in [-0.05, 0) is 32.4 Å². The van der Waals surface area contributed by atoms with E-state index in [9.17, 15) is 23.2 Å². The zero-order chi connectivity index (χ0) is 34.7. The molecule has 13 nitrogen and oxygen atoms in total. The minimum absolute atomic E-state index is 0.0150. The van der Waals surface area contributed by atoms with Crippen LogP contribution >= 0.6 is 0 Å². The minimum atomic E-state index is -1.07. The third-order valence-electron chi connectivity index (χ3n) is 7.11. The normalized spacial score (nSPS) is 13.8. The van der Waals surface area contributed by atoms with E-state index in [0.717, 1.165) is 17.7 Å². The Bertz CT molecular complexity index is 1540. The minimum Gasteiger partial charge on any atom is -0.488 e. The summed E-state index contributed by atoms with van der Waals surface area (Å²) in [5.74, 6) is -2.39. The Balaban J connectivity index is 1.23. The van der Waals surface area contributed by atoms with Crippen molar-refractivity contribution in [2.24, 2.45) is 7.05 Å². The van der Waals surface area contributed by atoms with E-state index in [2.05, 4.69) is 5.43 Å². The number of hydrogen-bond acceptors (Lipinski definition) is 10. The molecule has 0 bridgehead atoms. The van der Waals surface area contributed by atoms with Gasteiger partial charge in [-0.3, -0.25) is 10.2 Å². The maximum atomic E-state index is 14.3. The van der Waals surface area contributed by atoms with E-state index >= 15 is 0 Å². The number of nitrogens with one attached hydrogen (secondary N) is 1. The van der Waals surface area contributed by atoms with Crippen LogP contribution in [0.25, 0.3) is 10.9 Å². The van der Waals surface area contributed by atoms with E-state index in [0.29, 0.717) is 13.1 Å². The summed E-state index contributed by atoms with van der Waals surface area (Å²) < 4.78 is 62.1. The molecule has 1 saturated heterocycles. The average Bonchev–Trinajstić information content (AvgIpc) is 3.30. The summed E-state index contributed by atoms with van der Waals surface area (Å²) in [5, 5.41) is 1.91. The Hall–Kier alpha value is -4.47. The van der Waals surface area contributed by atoms with Crippen LogP contribution < -0.4 is 10.2 Å². The zero-order valence-electron chi connectivity index (χ0n) is 27.6. The molecule has 0 radical (unpaired) electrons. The lowest BCUT2D eigenvalue weighted by Gasteiger charge is -2.35. The Kier molecular flexibility index (Phi) is 12.9. The molecule has 1 N–H and O–H groups in total. The van der Waals surface area contributed by atoms with Gasteiger partial charge in [-0.25, -0.2) is 23.4 Å². The molecule has 0 atom stereocenters. The monoisotopic (exact) mass is 676 g/mol. The molecule has 48 heavy (non-hydrogen) atoms. The Morgan fingerprint density at radius 3 is 2.12 bits per heavy atom. The molecular formula is C33H42F2N4O9. The highest BCUT2D eigenvalue weighted by Crippen LogP contribution is 2.35. The molecule has 1 fully saturated rings. The van der Waals surface area contributed by atoms with Gasteiger partial charge in [0.05, 0.1) is 31.9 Å². The van der Waals surface area contributed by atoms with Crippen LogP contribution in [0, 0.1) is 11.6 Å². The van der Waals surface area contributed by atoms with Crippen molar-refractivity contribution in [1.29, 1.82) is 0 Å². The number of nitrogens with zero attached hydrogens (tertiary/aromatic N) is 3. The number of hydrazine groups is 1. The molecule has 4 rings (SSSR count). The van der Waals surface area contributed by atoms with E-state index in [1.54, 1.807) is 37.7 Å². The molecule has 15 heteroatoms. The number of carbonyl (C=O) groups is 3. The van der Waals surface area contributed by atoms with E-state index in [1.165, 1.54) is 4.57 Å². The van der Waals surface area contributed by atoms with Crippen molar-refractivity contribution in [1.82, 2.24) is 19.9 Å². The van der Waals surface area contributed by atoms with Crippen molar-refractivity contribution in [2.75, 3.05) is 65.8 Å². The summed E-state index contributed by atoms with van der Waals surface area (Å²) in [6.45, 7) is 7.38. The van der Waals surface area contributed by atoms with Gasteiger partial charge in [0.1, 0.15) is 25.4 Å². The van der Waals surface area contributed by atoms with Crippen LogP contribution in [0.2, 0.25) is 0 Å². The summed E-state index contributed by atoms with van der Waals surface area (Å²) in [4.78, 5) is 39.1. The second-order valence-electron chi connectivity index (χ2n) is 11.9. The van der Waals surface area contributed by atoms with Crippen LogP contribution in [-0.4, -0.2) is 104 Å². The van der Waals surface area contributed by atoms with Crippen LogP contribution in [-0.2, 0) is 37.3 Å². The number of rotatable bonds is 14. The first-order chi connectivity index (χ1) is 22.9. The first-order valence-corrected chi connectivity index (χ1v) is 15.6. The van der Waals surface area contributed by atoms with Crippen molar-refractivity contribution < 1.29 is 51.6 Å². The summed E-state index contributed by atoms with van der Waals surface area (Å²) >= 11 is 0. The fraction of sp³-hybridized carbons (Fsp3) is 0.485. The number of ether oxygens (including phenoxy) is 6. The van der Waals surface area contributed by atoms with Crippen molar-refractivity contribution in [2.45, 2.75) is 33.0 Å². The van der Waals surface area contributed by atoms with Gasteiger partial charge in [0.15, 0.2) is 23.1 Å². The van der Waals surface area contributed by atoms with Gasteiger partial charge in [-0.2, -0.15) is 0 Å². The number of fused-ring (bicyclic) bond motifs is 1. The van der Waals surface area contributed by atoms with Gasteiger partial charge in [-0.15, -0.1) is 0 Å². The lowest BCUT2D eigenvalue weighted by molar-refractivity contribution is 0.00359. The molecular weight excluding hydrogens is 634 g/mol. The largest absolute Gasteiger partial charge is 0.508 e. The predicted octanol–water partition coefficient (Wildman–Crippen LogP) is 4.42. The standard InChI is InChI=1S/C33H42F2N4O9/c1-33(2,3)48-31(41)36-39-12-10-38(11-13-39)30(40)28-29(24-20-25(34)26(35)21-27(24)37(28)4)45-18-16-43-14-15-44-17-19-46-32(42)47-22-23-8-6-5-7-9-23/h5-9,20-21H,10-19,22H2,1-4H3,(H,36,41). The van der Waals surface area contributed by atoms with Crippen molar-refractivity contribution in [3.05, 3.63) is 65.4 Å². The molecule has 3 aromatic rings. The van der Waals surface area contributed by atoms with Crippen molar-refractivity contribution >= 4 is 29.1 Å². The molecule has 2 amide bonds. The van der Waals surface area contributed by atoms with E-state index in [-0.39, 0.29) is 87.6 Å². The maximum absolute atomic E-state index is 14.3. The lowest BCUT2D eigenvalue weighted by Crippen LogP contribution is -2.55. The second kappa shape index (κ2) is 17.1. The van der Waals surface area contributed by atoms with Crippen molar-refractivity contribution in [3.63, 3.8) is 0 Å². The summed E-state index contributed by atoms with van der Waals surface area (Å²) in [6.07, 6.45) is -1.38. The number of benzene rings is 2. The molecule has 2 aromatic carbocycles. The number of hydrogen-bond donors (Lipinski definition) is 1. The first-order valence-electron chi connectivity index (χ1n) is 15.6. The molecule has 2 heterocycles. The van der Waals surface area contributed by atoms with E-state index in [4.69, 9.17) is 28.4 Å². The van der Waals surface area contributed by atoms with E-state index in [1.807, 2.05) is 30.3 Å². The third kappa shape index (κ3) is 10.5. The molecule has 262 valence electrons. The molecule has 0 saturated carbocycles. The van der Waals surface area contributed by atoms with Crippen LogP contribution in [0.1, 0.15) is 36.8 Å². The molecule has 0 spiro atoms. The number of amides is 2. The smallest absolute Gasteiger partial charge is 0.488 e. The van der Waals surface area contributed by atoms with E-state index < -0.39 is 29.5 Å². The zero-order valence-corrected chi connectivity index (χ0v) is 27.6. The summed E-state index contributed by atoms with van der Waals surface area (Å²) in [5.41, 5.74) is 3.30. The summed E-state index contributed by atoms with van der Waals surface area (Å²) in [6, 6.07) is 11.3. The van der Waals surface area contributed by atoms with Crippen molar-refractivity contribution in [3.8, 4) is 5.75 Å². The highest BCUT2D eigenvalue weighted by molar-refractivity contribution is 6.04. The highest BCUT2D eigenvalue weighted by Gasteiger charge is 2.30. The quantitative estimate of drug-likeness (QED) is 0.194. The fourth-order valence-corrected chi connectivity index (χ4v) is 4.85. The van der Waals surface area contributed by atoms with Crippen LogP contribution in [0.3, 0.4) is 0 Å². The van der Waals surface area contributed by atoms with Gasteiger partial charge in [0, 0.05) is 44.7 Å². The average molecular weight is 677 g/mol. The molecule has 0 aliphatic carbocycles. The van der Waals surface area contributed by atoms with Gasteiger partial charge in [0.2, 0.25) is 0 Å². The number of piperazine rings is 1. The molecule has 1 aliphatic rings.